The quantitative estimate of drug-likeness (QED) is 0.682. The number of methoxy groups -OCH3 is 1. The van der Waals surface area contributed by atoms with E-state index in [0.717, 1.165) is 15.7 Å². The SMILES string of the molecule is COC(=O)Cn1cnc2c(-c3ccc(C)cc3)noc2c1=O. The summed E-state index contributed by atoms with van der Waals surface area (Å²) in [6.45, 7) is 1.76. The molecule has 0 amide bonds. The van der Waals surface area contributed by atoms with Gasteiger partial charge in [0, 0.05) is 5.56 Å². The predicted octanol–water partition coefficient (Wildman–Crippen LogP) is 1.53. The molecule has 0 unspecified atom stereocenters. The summed E-state index contributed by atoms with van der Waals surface area (Å²) in [5.74, 6) is -0.540. The Hall–Kier alpha value is -2.96. The monoisotopic (exact) mass is 299 g/mol. The van der Waals surface area contributed by atoms with Gasteiger partial charge in [-0.25, -0.2) is 4.98 Å². The number of ether oxygens (including phenoxy) is 1. The van der Waals surface area contributed by atoms with Crippen LogP contribution in [0.4, 0.5) is 0 Å². The molecule has 3 aromatic rings. The first-order valence-corrected chi connectivity index (χ1v) is 6.59. The van der Waals surface area contributed by atoms with E-state index in [1.54, 1.807) is 0 Å². The summed E-state index contributed by atoms with van der Waals surface area (Å²) in [5, 5.41) is 3.93. The lowest BCUT2D eigenvalue weighted by Gasteiger charge is -2.02. The lowest BCUT2D eigenvalue weighted by atomic mass is 10.1. The van der Waals surface area contributed by atoms with E-state index in [1.165, 1.54) is 13.4 Å². The van der Waals surface area contributed by atoms with Crippen LogP contribution in [-0.2, 0) is 16.1 Å². The lowest BCUT2D eigenvalue weighted by molar-refractivity contribution is -0.141. The summed E-state index contributed by atoms with van der Waals surface area (Å²) in [5.41, 5.74) is 2.34. The van der Waals surface area contributed by atoms with Crippen molar-refractivity contribution in [2.75, 3.05) is 7.11 Å². The lowest BCUT2D eigenvalue weighted by Crippen LogP contribution is -2.24. The molecule has 1 aromatic carbocycles. The van der Waals surface area contributed by atoms with Crippen LogP contribution in [0.3, 0.4) is 0 Å². The van der Waals surface area contributed by atoms with Gasteiger partial charge in [0.2, 0.25) is 0 Å². The molecule has 0 N–H and O–H groups in total. The van der Waals surface area contributed by atoms with E-state index in [1.807, 2.05) is 31.2 Å². The maximum Gasteiger partial charge on any atom is 0.325 e. The molecule has 0 aliphatic heterocycles. The molecule has 0 aliphatic rings. The van der Waals surface area contributed by atoms with Crippen molar-refractivity contribution in [1.29, 1.82) is 0 Å². The van der Waals surface area contributed by atoms with Gasteiger partial charge in [0.25, 0.3) is 11.1 Å². The molecule has 2 aromatic heterocycles. The van der Waals surface area contributed by atoms with E-state index in [-0.39, 0.29) is 12.1 Å². The number of aryl methyl sites for hydroxylation is 1. The third-order valence-electron chi connectivity index (χ3n) is 3.30. The molecule has 0 aliphatic carbocycles. The summed E-state index contributed by atoms with van der Waals surface area (Å²) < 4.78 is 10.8. The van der Waals surface area contributed by atoms with E-state index in [2.05, 4.69) is 14.9 Å². The van der Waals surface area contributed by atoms with Gasteiger partial charge in [-0.15, -0.1) is 0 Å². The van der Waals surface area contributed by atoms with E-state index in [4.69, 9.17) is 4.52 Å². The first-order chi connectivity index (χ1) is 10.6. The number of nitrogens with zero attached hydrogens (tertiary/aromatic N) is 3. The largest absolute Gasteiger partial charge is 0.468 e. The number of rotatable bonds is 3. The molecule has 0 radical (unpaired) electrons. The van der Waals surface area contributed by atoms with Crippen molar-refractivity contribution in [2.45, 2.75) is 13.5 Å². The Morgan fingerprint density at radius 3 is 2.73 bits per heavy atom. The van der Waals surface area contributed by atoms with Crippen molar-refractivity contribution in [3.63, 3.8) is 0 Å². The molecule has 0 fully saturated rings. The summed E-state index contributed by atoms with van der Waals surface area (Å²) in [7, 11) is 1.25. The Labute approximate surface area is 125 Å². The zero-order valence-corrected chi connectivity index (χ0v) is 12.1. The second-order valence-electron chi connectivity index (χ2n) is 4.83. The fraction of sp³-hybridized carbons (Fsp3) is 0.200. The fourth-order valence-corrected chi connectivity index (χ4v) is 2.07. The second kappa shape index (κ2) is 5.44. The van der Waals surface area contributed by atoms with E-state index in [9.17, 15) is 9.59 Å². The number of hydrogen-bond acceptors (Lipinski definition) is 6. The minimum absolute atomic E-state index is 0.0157. The molecule has 0 atom stereocenters. The Morgan fingerprint density at radius 1 is 1.32 bits per heavy atom. The summed E-state index contributed by atoms with van der Waals surface area (Å²) in [4.78, 5) is 27.7. The van der Waals surface area contributed by atoms with Crippen molar-refractivity contribution in [3.05, 3.63) is 46.5 Å². The van der Waals surface area contributed by atoms with Crippen LogP contribution in [0.1, 0.15) is 5.56 Å². The Kier molecular flexibility index (Phi) is 3.46. The molecule has 2 heterocycles. The van der Waals surface area contributed by atoms with Gasteiger partial charge in [-0.1, -0.05) is 35.0 Å². The number of benzene rings is 1. The normalized spacial score (nSPS) is 10.8. The first kappa shape index (κ1) is 14.0. The Balaban J connectivity index is 2.09. The number of aromatic nitrogens is 3. The molecule has 3 rings (SSSR count). The smallest absolute Gasteiger partial charge is 0.325 e. The van der Waals surface area contributed by atoms with E-state index >= 15 is 0 Å². The molecule has 0 spiro atoms. The maximum atomic E-state index is 12.3. The predicted molar refractivity (Wildman–Crippen MR) is 78.3 cm³/mol. The number of esters is 1. The minimum atomic E-state index is -0.540. The van der Waals surface area contributed by atoms with Gasteiger partial charge in [-0.2, -0.15) is 0 Å². The third-order valence-corrected chi connectivity index (χ3v) is 3.30. The Morgan fingerprint density at radius 2 is 2.05 bits per heavy atom. The van der Waals surface area contributed by atoms with Gasteiger partial charge in [0.15, 0.2) is 0 Å². The molecule has 7 nitrogen and oxygen atoms in total. The molecule has 0 saturated carbocycles. The Bertz CT molecular complexity index is 893. The molecular weight excluding hydrogens is 286 g/mol. The molecule has 0 bridgehead atoms. The van der Waals surface area contributed by atoms with Crippen molar-refractivity contribution in [1.82, 2.24) is 14.7 Å². The zero-order valence-electron chi connectivity index (χ0n) is 12.1. The number of fused-ring (bicyclic) bond motifs is 1. The number of hydrogen-bond donors (Lipinski definition) is 0. The molecular formula is C15H13N3O4. The van der Waals surface area contributed by atoms with Crippen LogP contribution >= 0.6 is 0 Å². The molecule has 0 saturated heterocycles. The van der Waals surface area contributed by atoms with Gasteiger partial charge < -0.3 is 9.26 Å². The number of carbonyl (C=O) groups is 1. The van der Waals surface area contributed by atoms with Crippen molar-refractivity contribution >= 4 is 17.1 Å². The van der Waals surface area contributed by atoms with Crippen LogP contribution in [0.25, 0.3) is 22.4 Å². The fourth-order valence-electron chi connectivity index (χ4n) is 2.07. The molecule has 7 heteroatoms. The standard InChI is InChI=1S/C15H13N3O4/c1-9-3-5-10(6-4-9)12-13-14(22-17-12)15(20)18(8-16-13)7-11(19)21-2/h3-6,8H,7H2,1-2H3. The van der Waals surface area contributed by atoms with E-state index in [0.29, 0.717) is 11.2 Å². The molecule has 22 heavy (non-hydrogen) atoms. The van der Waals surface area contributed by atoms with Crippen LogP contribution < -0.4 is 5.56 Å². The van der Waals surface area contributed by atoms with Gasteiger partial charge in [-0.3, -0.25) is 14.2 Å². The van der Waals surface area contributed by atoms with Crippen molar-refractivity contribution in [2.24, 2.45) is 0 Å². The zero-order chi connectivity index (χ0) is 15.7. The van der Waals surface area contributed by atoms with E-state index < -0.39 is 11.5 Å². The van der Waals surface area contributed by atoms with Gasteiger partial charge in [-0.05, 0) is 6.92 Å². The van der Waals surface area contributed by atoms with Gasteiger partial charge in [0.05, 0.1) is 13.4 Å². The highest BCUT2D eigenvalue weighted by Crippen LogP contribution is 2.24. The van der Waals surface area contributed by atoms with Crippen molar-refractivity contribution in [3.8, 4) is 11.3 Å². The van der Waals surface area contributed by atoms with Crippen LogP contribution in [0.5, 0.6) is 0 Å². The summed E-state index contributed by atoms with van der Waals surface area (Å²) in [6, 6.07) is 7.64. The minimum Gasteiger partial charge on any atom is -0.468 e. The number of carbonyl (C=O) groups excluding carboxylic acids is 1. The van der Waals surface area contributed by atoms with Gasteiger partial charge >= 0.3 is 5.97 Å². The first-order valence-electron chi connectivity index (χ1n) is 6.59. The third kappa shape index (κ3) is 2.37. The molecule has 112 valence electrons. The highest BCUT2D eigenvalue weighted by molar-refractivity contribution is 5.87. The maximum absolute atomic E-state index is 12.3. The highest BCUT2D eigenvalue weighted by Gasteiger charge is 2.17. The van der Waals surface area contributed by atoms with Crippen LogP contribution in [0, 0.1) is 6.92 Å². The average Bonchev–Trinajstić information content (AvgIpc) is 2.95. The van der Waals surface area contributed by atoms with Gasteiger partial charge in [0.1, 0.15) is 17.8 Å². The summed E-state index contributed by atoms with van der Waals surface area (Å²) >= 11 is 0. The van der Waals surface area contributed by atoms with Crippen LogP contribution in [0.2, 0.25) is 0 Å². The summed E-state index contributed by atoms with van der Waals surface area (Å²) in [6.07, 6.45) is 1.29. The second-order valence-corrected chi connectivity index (χ2v) is 4.83. The highest BCUT2D eigenvalue weighted by atomic mass is 16.5. The van der Waals surface area contributed by atoms with Crippen molar-refractivity contribution < 1.29 is 14.1 Å². The average molecular weight is 299 g/mol. The topological polar surface area (TPSA) is 87.2 Å². The van der Waals surface area contributed by atoms with Crippen LogP contribution in [0.15, 0.2) is 39.9 Å². The van der Waals surface area contributed by atoms with Crippen LogP contribution in [-0.4, -0.2) is 27.8 Å².